The molecule has 30 heavy (non-hydrogen) atoms. The van der Waals surface area contributed by atoms with Gasteiger partial charge in [0, 0.05) is 37.5 Å². The lowest BCUT2D eigenvalue weighted by atomic mass is 10.0. The molecular weight excluding hydrogens is 387 g/mol. The zero-order valence-corrected chi connectivity index (χ0v) is 17.0. The average molecular weight is 412 g/mol. The monoisotopic (exact) mass is 412 g/mol. The second-order valence-corrected chi connectivity index (χ2v) is 7.91. The highest BCUT2D eigenvalue weighted by atomic mass is 19.1. The number of amides is 2. The van der Waals surface area contributed by atoms with Crippen LogP contribution in [-0.4, -0.2) is 51.2 Å². The van der Waals surface area contributed by atoms with Crippen molar-refractivity contribution in [2.75, 3.05) is 19.6 Å². The molecule has 2 aliphatic rings. The summed E-state index contributed by atoms with van der Waals surface area (Å²) in [7, 11) is 0. The van der Waals surface area contributed by atoms with Crippen LogP contribution in [0.4, 0.5) is 4.39 Å². The van der Waals surface area contributed by atoms with Gasteiger partial charge >= 0.3 is 0 Å². The fraction of sp³-hybridized carbons (Fsp3) is 0.455. The molecular formula is C22H25FN4O3. The number of aromatic amines is 1. The largest absolute Gasteiger partial charge is 0.342 e. The summed E-state index contributed by atoms with van der Waals surface area (Å²) in [6.45, 7) is 3.68. The molecule has 0 radical (unpaired) electrons. The first kappa shape index (κ1) is 20.3. The Morgan fingerprint density at radius 3 is 2.80 bits per heavy atom. The molecule has 4 rings (SSSR count). The highest BCUT2D eigenvalue weighted by Crippen LogP contribution is 2.26. The molecule has 158 valence electrons. The van der Waals surface area contributed by atoms with Crippen molar-refractivity contribution in [2.24, 2.45) is 0 Å². The third kappa shape index (κ3) is 3.86. The Labute approximate surface area is 173 Å². The molecule has 1 aromatic carbocycles. The van der Waals surface area contributed by atoms with Crippen molar-refractivity contribution in [1.29, 1.82) is 0 Å². The van der Waals surface area contributed by atoms with Gasteiger partial charge in [-0.1, -0.05) is 19.1 Å². The molecule has 0 bridgehead atoms. The SMILES string of the molecule is CCCC(=O)N1CCC(c2nc3c(c(=O)[nH]2)CCN(C(=O)c2ccccc2F)C3)C1. The number of halogens is 1. The standard InChI is InChI=1S/C22H25FN4O3/c1-2-5-19(28)26-10-8-14(12-26)20-24-18-13-27(11-9-16(18)21(29)25-20)22(30)15-6-3-4-7-17(15)23/h3-4,6-7,14H,2,5,8-13H2,1H3,(H,24,25,29). The van der Waals surface area contributed by atoms with E-state index in [1.54, 1.807) is 12.1 Å². The normalized spacial score (nSPS) is 18.4. The lowest BCUT2D eigenvalue weighted by molar-refractivity contribution is -0.130. The Bertz CT molecular complexity index is 1040. The second-order valence-electron chi connectivity index (χ2n) is 7.91. The fourth-order valence-electron chi connectivity index (χ4n) is 4.21. The van der Waals surface area contributed by atoms with E-state index in [4.69, 9.17) is 0 Å². The Balaban J connectivity index is 1.54. The van der Waals surface area contributed by atoms with E-state index in [-0.39, 0.29) is 29.5 Å². The quantitative estimate of drug-likeness (QED) is 0.834. The molecule has 1 aromatic heterocycles. The molecule has 0 saturated carbocycles. The van der Waals surface area contributed by atoms with Crippen molar-refractivity contribution in [2.45, 2.75) is 45.1 Å². The Morgan fingerprint density at radius 2 is 2.03 bits per heavy atom. The first-order valence-electron chi connectivity index (χ1n) is 10.4. The maximum atomic E-state index is 14.0. The van der Waals surface area contributed by atoms with Gasteiger partial charge in [-0.15, -0.1) is 0 Å². The number of nitrogens with zero attached hydrogens (tertiary/aromatic N) is 3. The molecule has 1 saturated heterocycles. The average Bonchev–Trinajstić information content (AvgIpc) is 3.24. The molecule has 7 nitrogen and oxygen atoms in total. The fourth-order valence-corrected chi connectivity index (χ4v) is 4.21. The maximum absolute atomic E-state index is 14.0. The van der Waals surface area contributed by atoms with E-state index in [0.29, 0.717) is 49.6 Å². The van der Waals surface area contributed by atoms with Gasteiger partial charge in [-0.2, -0.15) is 0 Å². The third-order valence-corrected chi connectivity index (χ3v) is 5.87. The summed E-state index contributed by atoms with van der Waals surface area (Å²) < 4.78 is 14.0. The van der Waals surface area contributed by atoms with E-state index in [2.05, 4.69) is 9.97 Å². The van der Waals surface area contributed by atoms with Crippen LogP contribution >= 0.6 is 0 Å². The van der Waals surface area contributed by atoms with Gasteiger partial charge in [-0.05, 0) is 31.4 Å². The first-order valence-corrected chi connectivity index (χ1v) is 10.4. The van der Waals surface area contributed by atoms with Gasteiger partial charge in [0.2, 0.25) is 5.91 Å². The summed E-state index contributed by atoms with van der Waals surface area (Å²) in [5.74, 6) is -0.301. The van der Waals surface area contributed by atoms with E-state index < -0.39 is 11.7 Å². The van der Waals surface area contributed by atoms with E-state index in [1.165, 1.54) is 17.0 Å². The summed E-state index contributed by atoms with van der Waals surface area (Å²) >= 11 is 0. The minimum absolute atomic E-state index is 0.0203. The van der Waals surface area contributed by atoms with Crippen LogP contribution in [0.1, 0.15) is 59.5 Å². The molecule has 1 fully saturated rings. The van der Waals surface area contributed by atoms with Crippen LogP contribution in [0.3, 0.4) is 0 Å². The smallest absolute Gasteiger partial charge is 0.257 e. The molecule has 0 aliphatic carbocycles. The van der Waals surface area contributed by atoms with Gasteiger partial charge in [0.25, 0.3) is 11.5 Å². The van der Waals surface area contributed by atoms with Crippen LogP contribution in [0.2, 0.25) is 0 Å². The molecule has 1 unspecified atom stereocenters. The predicted octanol–water partition coefficient (Wildman–Crippen LogP) is 2.22. The number of nitrogens with one attached hydrogen (secondary N) is 1. The molecule has 1 N–H and O–H groups in total. The number of likely N-dealkylation sites (tertiary alicyclic amines) is 1. The summed E-state index contributed by atoms with van der Waals surface area (Å²) in [5, 5.41) is 0. The van der Waals surface area contributed by atoms with Crippen molar-refractivity contribution >= 4 is 11.8 Å². The van der Waals surface area contributed by atoms with Crippen LogP contribution in [0.25, 0.3) is 0 Å². The van der Waals surface area contributed by atoms with Crippen molar-refractivity contribution in [1.82, 2.24) is 19.8 Å². The van der Waals surface area contributed by atoms with E-state index in [1.807, 2.05) is 11.8 Å². The Hall–Kier alpha value is -3.03. The van der Waals surface area contributed by atoms with Gasteiger partial charge in [0.05, 0.1) is 17.8 Å². The Morgan fingerprint density at radius 1 is 1.23 bits per heavy atom. The van der Waals surface area contributed by atoms with Gasteiger partial charge < -0.3 is 14.8 Å². The predicted molar refractivity (Wildman–Crippen MR) is 109 cm³/mol. The minimum Gasteiger partial charge on any atom is -0.342 e. The Kier molecular flexibility index (Phi) is 5.65. The van der Waals surface area contributed by atoms with Crippen molar-refractivity contribution in [3.8, 4) is 0 Å². The zero-order chi connectivity index (χ0) is 21.3. The van der Waals surface area contributed by atoms with Crippen LogP contribution in [0.5, 0.6) is 0 Å². The summed E-state index contributed by atoms with van der Waals surface area (Å²) in [6, 6.07) is 5.89. The lowest BCUT2D eigenvalue weighted by Crippen LogP contribution is -2.40. The first-order chi connectivity index (χ1) is 14.5. The number of rotatable bonds is 4. The van der Waals surface area contributed by atoms with Crippen LogP contribution in [-0.2, 0) is 17.8 Å². The number of hydrogen-bond acceptors (Lipinski definition) is 4. The van der Waals surface area contributed by atoms with Crippen molar-refractivity contribution in [3.63, 3.8) is 0 Å². The maximum Gasteiger partial charge on any atom is 0.257 e. The molecule has 3 heterocycles. The van der Waals surface area contributed by atoms with Crippen LogP contribution in [0.15, 0.2) is 29.1 Å². The van der Waals surface area contributed by atoms with E-state index in [0.717, 1.165) is 12.8 Å². The topological polar surface area (TPSA) is 86.4 Å². The van der Waals surface area contributed by atoms with E-state index >= 15 is 0 Å². The minimum atomic E-state index is -0.560. The number of H-pyrrole nitrogens is 1. The van der Waals surface area contributed by atoms with Gasteiger partial charge in [-0.3, -0.25) is 14.4 Å². The number of hydrogen-bond donors (Lipinski definition) is 1. The van der Waals surface area contributed by atoms with Crippen molar-refractivity contribution < 1.29 is 14.0 Å². The number of carbonyl (C=O) groups is 2. The number of carbonyl (C=O) groups excluding carboxylic acids is 2. The summed E-state index contributed by atoms with van der Waals surface area (Å²) in [6.07, 6.45) is 2.45. The summed E-state index contributed by atoms with van der Waals surface area (Å²) in [5.41, 5.74) is 0.967. The van der Waals surface area contributed by atoms with Gasteiger partial charge in [0.15, 0.2) is 0 Å². The second kappa shape index (κ2) is 8.38. The molecule has 2 aromatic rings. The highest BCUT2D eigenvalue weighted by Gasteiger charge is 2.31. The van der Waals surface area contributed by atoms with Crippen LogP contribution in [0, 0.1) is 5.82 Å². The lowest BCUT2D eigenvalue weighted by Gasteiger charge is -2.28. The highest BCUT2D eigenvalue weighted by molar-refractivity contribution is 5.94. The van der Waals surface area contributed by atoms with Gasteiger partial charge in [-0.25, -0.2) is 9.37 Å². The summed E-state index contributed by atoms with van der Waals surface area (Å²) in [4.78, 5) is 48.4. The molecule has 8 heteroatoms. The van der Waals surface area contributed by atoms with Crippen molar-refractivity contribution in [3.05, 3.63) is 63.1 Å². The zero-order valence-electron chi connectivity index (χ0n) is 17.0. The van der Waals surface area contributed by atoms with E-state index in [9.17, 15) is 18.8 Å². The van der Waals surface area contributed by atoms with Crippen LogP contribution < -0.4 is 5.56 Å². The number of benzene rings is 1. The number of fused-ring (bicyclic) bond motifs is 1. The molecule has 1 atom stereocenters. The molecule has 2 aliphatic heterocycles. The molecule has 0 spiro atoms. The third-order valence-electron chi connectivity index (χ3n) is 5.87. The molecule has 2 amide bonds. The van der Waals surface area contributed by atoms with Gasteiger partial charge in [0.1, 0.15) is 11.6 Å². The number of aromatic nitrogens is 2.